The predicted molar refractivity (Wildman–Crippen MR) is 83.1 cm³/mol. The number of hydrogen-bond donors (Lipinski definition) is 2. The number of nitrogens with one attached hydrogen (secondary N) is 1. The molecule has 1 heterocycles. The van der Waals surface area contributed by atoms with Gasteiger partial charge in [0, 0.05) is 31.5 Å². The van der Waals surface area contributed by atoms with Gasteiger partial charge in [-0.15, -0.1) is 0 Å². The second-order valence-corrected chi connectivity index (χ2v) is 5.05. The van der Waals surface area contributed by atoms with Gasteiger partial charge in [0.05, 0.1) is 0 Å². The third-order valence-electron chi connectivity index (χ3n) is 3.28. The number of aliphatic hydroxyl groups excluding tert-OH is 1. The number of rotatable bonds is 7. The van der Waals surface area contributed by atoms with Gasteiger partial charge in [-0.2, -0.15) is 0 Å². The summed E-state index contributed by atoms with van der Waals surface area (Å²) < 4.78 is 5.13. The highest BCUT2D eigenvalue weighted by Gasteiger charge is 2.11. The Balaban J connectivity index is 1.72. The Hall–Kier alpha value is -2.40. The van der Waals surface area contributed by atoms with E-state index in [0.29, 0.717) is 13.0 Å². The van der Waals surface area contributed by atoms with E-state index in [-0.39, 0.29) is 19.1 Å². The van der Waals surface area contributed by atoms with E-state index in [0.717, 1.165) is 11.1 Å². The van der Waals surface area contributed by atoms with Crippen LogP contribution in [0.25, 0.3) is 0 Å². The first-order valence-electron chi connectivity index (χ1n) is 7.22. The molecule has 22 heavy (non-hydrogen) atoms. The number of carbonyl (C=O) groups is 1. The molecule has 0 fully saturated rings. The summed E-state index contributed by atoms with van der Waals surface area (Å²) >= 11 is 0. The number of hydrogen-bond acceptors (Lipinski definition) is 4. The van der Waals surface area contributed by atoms with Gasteiger partial charge >= 0.3 is 6.09 Å². The summed E-state index contributed by atoms with van der Waals surface area (Å²) in [6.07, 6.45) is 3.63. The molecule has 116 valence electrons. The summed E-state index contributed by atoms with van der Waals surface area (Å²) in [5, 5.41) is 12.1. The van der Waals surface area contributed by atoms with Gasteiger partial charge in [0.2, 0.25) is 0 Å². The molecule has 1 amide bonds. The van der Waals surface area contributed by atoms with E-state index in [1.165, 1.54) is 0 Å². The van der Waals surface area contributed by atoms with Crippen LogP contribution in [0.15, 0.2) is 54.9 Å². The van der Waals surface area contributed by atoms with Gasteiger partial charge in [-0.1, -0.05) is 30.3 Å². The molecule has 1 aromatic heterocycles. The lowest BCUT2D eigenvalue weighted by molar-refractivity contribution is 0.135. The molecule has 0 saturated carbocycles. The lowest BCUT2D eigenvalue weighted by Crippen LogP contribution is -2.32. The van der Waals surface area contributed by atoms with Crippen molar-refractivity contribution >= 4 is 6.09 Å². The molecule has 2 rings (SSSR count). The van der Waals surface area contributed by atoms with Crippen molar-refractivity contribution in [2.75, 3.05) is 13.2 Å². The number of aliphatic hydroxyl groups is 1. The maximum Gasteiger partial charge on any atom is 0.407 e. The Morgan fingerprint density at radius 2 is 1.86 bits per heavy atom. The Bertz CT molecular complexity index is 561. The molecule has 5 nitrogen and oxygen atoms in total. The smallest absolute Gasteiger partial charge is 0.407 e. The quantitative estimate of drug-likeness (QED) is 0.822. The highest BCUT2D eigenvalue weighted by atomic mass is 16.5. The molecule has 5 heteroatoms. The van der Waals surface area contributed by atoms with Crippen molar-refractivity contribution in [2.24, 2.45) is 5.92 Å². The fourth-order valence-electron chi connectivity index (χ4n) is 2.06. The minimum Gasteiger partial charge on any atom is -0.445 e. The van der Waals surface area contributed by atoms with Gasteiger partial charge in [-0.25, -0.2) is 4.79 Å². The molecular formula is C17H20N2O3. The van der Waals surface area contributed by atoms with Crippen molar-refractivity contribution in [1.82, 2.24) is 10.3 Å². The van der Waals surface area contributed by atoms with E-state index in [2.05, 4.69) is 10.3 Å². The second-order valence-electron chi connectivity index (χ2n) is 5.05. The highest BCUT2D eigenvalue weighted by molar-refractivity contribution is 5.67. The molecule has 0 aliphatic heterocycles. The summed E-state index contributed by atoms with van der Waals surface area (Å²) in [4.78, 5) is 15.6. The molecule has 0 bridgehead atoms. The normalized spacial score (nSPS) is 11.7. The number of pyridine rings is 1. The van der Waals surface area contributed by atoms with Crippen LogP contribution in [0.2, 0.25) is 0 Å². The number of carbonyl (C=O) groups excluding carboxylic acids is 1. The van der Waals surface area contributed by atoms with Crippen LogP contribution in [-0.4, -0.2) is 29.3 Å². The van der Waals surface area contributed by atoms with Crippen molar-refractivity contribution in [3.63, 3.8) is 0 Å². The molecule has 0 aliphatic rings. The Morgan fingerprint density at radius 3 is 2.55 bits per heavy atom. The zero-order chi connectivity index (χ0) is 15.6. The molecule has 1 atom stereocenters. The largest absolute Gasteiger partial charge is 0.445 e. The number of benzene rings is 1. The summed E-state index contributed by atoms with van der Waals surface area (Å²) in [7, 11) is 0. The number of ether oxygens (including phenoxy) is 1. The van der Waals surface area contributed by atoms with Gasteiger partial charge in [0.15, 0.2) is 0 Å². The predicted octanol–water partition coefficient (Wildman–Crippen LogP) is 2.16. The number of aromatic nitrogens is 1. The lowest BCUT2D eigenvalue weighted by atomic mass is 10.0. The van der Waals surface area contributed by atoms with E-state index in [1.54, 1.807) is 12.4 Å². The molecule has 0 radical (unpaired) electrons. The summed E-state index contributed by atoms with van der Waals surface area (Å²) in [5.41, 5.74) is 2.02. The van der Waals surface area contributed by atoms with Crippen molar-refractivity contribution in [3.8, 4) is 0 Å². The van der Waals surface area contributed by atoms with Crippen LogP contribution in [0.5, 0.6) is 0 Å². The minimum atomic E-state index is -0.475. The number of alkyl carbamates (subject to hydrolysis) is 1. The fraction of sp³-hybridized carbons (Fsp3) is 0.294. The van der Waals surface area contributed by atoms with Crippen LogP contribution in [0, 0.1) is 5.92 Å². The third kappa shape index (κ3) is 5.54. The van der Waals surface area contributed by atoms with Crippen molar-refractivity contribution in [2.45, 2.75) is 13.0 Å². The Morgan fingerprint density at radius 1 is 1.14 bits per heavy atom. The van der Waals surface area contributed by atoms with Gasteiger partial charge in [-0.05, 0) is 29.7 Å². The van der Waals surface area contributed by atoms with Crippen LogP contribution >= 0.6 is 0 Å². The second kappa shape index (κ2) is 8.79. The molecule has 1 aromatic carbocycles. The molecule has 2 N–H and O–H groups in total. The van der Waals surface area contributed by atoms with Gasteiger partial charge in [0.1, 0.15) is 6.61 Å². The molecular weight excluding hydrogens is 280 g/mol. The van der Waals surface area contributed by atoms with Gasteiger partial charge in [-0.3, -0.25) is 4.98 Å². The molecule has 0 aliphatic carbocycles. The molecule has 0 saturated heterocycles. The van der Waals surface area contributed by atoms with Crippen LogP contribution in [0.4, 0.5) is 4.79 Å². The minimum absolute atomic E-state index is 0.00128. The first-order valence-corrected chi connectivity index (χ1v) is 7.22. The topological polar surface area (TPSA) is 71.5 Å². The van der Waals surface area contributed by atoms with Crippen molar-refractivity contribution in [1.29, 1.82) is 0 Å². The molecule has 1 unspecified atom stereocenters. The maximum absolute atomic E-state index is 11.7. The molecule has 0 spiro atoms. The van der Waals surface area contributed by atoms with E-state index in [1.807, 2.05) is 42.5 Å². The Kier molecular flexibility index (Phi) is 6.39. The maximum atomic E-state index is 11.7. The number of amides is 1. The average molecular weight is 300 g/mol. The van der Waals surface area contributed by atoms with Crippen molar-refractivity contribution in [3.05, 3.63) is 66.0 Å². The monoisotopic (exact) mass is 300 g/mol. The van der Waals surface area contributed by atoms with Crippen LogP contribution < -0.4 is 5.32 Å². The third-order valence-corrected chi connectivity index (χ3v) is 3.28. The summed E-state index contributed by atoms with van der Waals surface area (Å²) in [5.74, 6) is -0.0494. The summed E-state index contributed by atoms with van der Waals surface area (Å²) in [6.45, 7) is 0.606. The lowest BCUT2D eigenvalue weighted by Gasteiger charge is -2.15. The average Bonchev–Trinajstić information content (AvgIpc) is 2.58. The fourth-order valence-corrected chi connectivity index (χ4v) is 2.06. The number of nitrogens with zero attached hydrogens (tertiary/aromatic N) is 1. The van der Waals surface area contributed by atoms with E-state index >= 15 is 0 Å². The van der Waals surface area contributed by atoms with Crippen molar-refractivity contribution < 1.29 is 14.6 Å². The van der Waals surface area contributed by atoms with E-state index in [4.69, 9.17) is 4.74 Å². The summed E-state index contributed by atoms with van der Waals surface area (Å²) in [6, 6.07) is 13.3. The molecule has 2 aromatic rings. The standard InChI is InChI=1S/C17H20N2O3/c20-12-16(10-14-6-8-18-9-7-14)11-19-17(21)22-13-15-4-2-1-3-5-15/h1-9,16,20H,10-13H2,(H,19,21). The van der Waals surface area contributed by atoms with Gasteiger partial charge in [0.25, 0.3) is 0 Å². The van der Waals surface area contributed by atoms with Crippen LogP contribution in [0.1, 0.15) is 11.1 Å². The zero-order valence-electron chi connectivity index (χ0n) is 12.3. The van der Waals surface area contributed by atoms with Crippen LogP contribution in [0.3, 0.4) is 0 Å². The first kappa shape index (κ1) is 16.0. The zero-order valence-corrected chi connectivity index (χ0v) is 12.3. The van der Waals surface area contributed by atoms with Gasteiger partial charge < -0.3 is 15.2 Å². The SMILES string of the molecule is O=C(NCC(CO)Cc1ccncc1)OCc1ccccc1. The highest BCUT2D eigenvalue weighted by Crippen LogP contribution is 2.07. The van der Waals surface area contributed by atoms with E-state index < -0.39 is 6.09 Å². The van der Waals surface area contributed by atoms with E-state index in [9.17, 15) is 9.90 Å². The Labute approximate surface area is 130 Å². The first-order chi connectivity index (χ1) is 10.8. The van der Waals surface area contributed by atoms with Crippen LogP contribution in [-0.2, 0) is 17.8 Å².